The Balaban J connectivity index is 1.74. The van der Waals surface area contributed by atoms with Crippen molar-refractivity contribution in [3.63, 3.8) is 0 Å². The number of fused-ring (bicyclic) bond motifs is 1. The van der Waals surface area contributed by atoms with E-state index in [-0.39, 0.29) is 5.92 Å². The van der Waals surface area contributed by atoms with Gasteiger partial charge in [0.25, 0.3) is 0 Å². The van der Waals surface area contributed by atoms with Crippen LogP contribution in [0.1, 0.15) is 30.5 Å². The maximum atomic E-state index is 11.4. The molecule has 1 aliphatic carbocycles. The maximum absolute atomic E-state index is 11.4. The number of hydrogen-bond donors (Lipinski definition) is 1. The van der Waals surface area contributed by atoms with Crippen molar-refractivity contribution in [1.29, 1.82) is 0 Å². The summed E-state index contributed by atoms with van der Waals surface area (Å²) in [6.07, 6.45) is 8.17. The highest BCUT2D eigenvalue weighted by molar-refractivity contribution is 5.71. The van der Waals surface area contributed by atoms with Crippen molar-refractivity contribution in [2.75, 3.05) is 18.0 Å². The lowest BCUT2D eigenvalue weighted by Crippen LogP contribution is -2.39. The van der Waals surface area contributed by atoms with Crippen LogP contribution >= 0.6 is 0 Å². The number of carboxylic acid groups (broad SMARTS) is 1. The molecule has 2 aromatic rings. The van der Waals surface area contributed by atoms with Crippen molar-refractivity contribution in [2.45, 2.75) is 32.1 Å². The quantitative estimate of drug-likeness (QED) is 0.933. The van der Waals surface area contributed by atoms with Gasteiger partial charge in [-0.1, -0.05) is 0 Å². The van der Waals surface area contributed by atoms with Gasteiger partial charge in [-0.2, -0.15) is 0 Å². The largest absolute Gasteiger partial charge is 0.481 e. The Labute approximate surface area is 140 Å². The van der Waals surface area contributed by atoms with E-state index >= 15 is 0 Å². The number of rotatable bonds is 3. The number of carboxylic acids is 1. The first kappa shape index (κ1) is 15.1. The molecule has 1 fully saturated rings. The van der Waals surface area contributed by atoms with Crippen molar-refractivity contribution in [2.24, 2.45) is 5.92 Å². The first-order chi connectivity index (χ1) is 11.7. The molecule has 2 aromatic heterocycles. The molecule has 24 heavy (non-hydrogen) atoms. The zero-order chi connectivity index (χ0) is 16.5. The van der Waals surface area contributed by atoms with Crippen molar-refractivity contribution < 1.29 is 9.90 Å². The maximum Gasteiger partial charge on any atom is 0.308 e. The molecule has 0 radical (unpaired) electrons. The first-order valence-electron chi connectivity index (χ1n) is 8.50. The van der Waals surface area contributed by atoms with E-state index in [1.54, 1.807) is 12.4 Å². The minimum atomic E-state index is -0.710. The third-order valence-electron chi connectivity index (χ3n) is 4.90. The molecule has 3 heterocycles. The zero-order valence-electron chi connectivity index (χ0n) is 13.5. The summed E-state index contributed by atoms with van der Waals surface area (Å²) in [5, 5.41) is 9.36. The van der Waals surface area contributed by atoms with Crippen LogP contribution in [0.2, 0.25) is 0 Å². The second kappa shape index (κ2) is 6.19. The Morgan fingerprint density at radius 1 is 1.25 bits per heavy atom. The highest BCUT2D eigenvalue weighted by Crippen LogP contribution is 2.33. The Morgan fingerprint density at radius 3 is 2.96 bits per heavy atom. The minimum Gasteiger partial charge on any atom is -0.481 e. The fourth-order valence-corrected chi connectivity index (χ4v) is 3.67. The van der Waals surface area contributed by atoms with Gasteiger partial charge in [0.1, 0.15) is 5.82 Å². The van der Waals surface area contributed by atoms with Gasteiger partial charge < -0.3 is 10.0 Å². The van der Waals surface area contributed by atoms with Gasteiger partial charge in [0.2, 0.25) is 0 Å². The number of hydrogen-bond acceptors (Lipinski definition) is 5. The lowest BCUT2D eigenvalue weighted by atomic mass is 9.98. The Kier molecular flexibility index (Phi) is 3.88. The van der Waals surface area contributed by atoms with Gasteiger partial charge in [-0.05, 0) is 44.2 Å². The molecule has 1 saturated heterocycles. The molecule has 1 N–H and O–H groups in total. The fraction of sp³-hybridized carbons (Fsp3) is 0.444. The highest BCUT2D eigenvalue weighted by Gasteiger charge is 2.30. The third-order valence-corrected chi connectivity index (χ3v) is 4.90. The van der Waals surface area contributed by atoms with Gasteiger partial charge in [-0.15, -0.1) is 0 Å². The number of pyridine rings is 1. The van der Waals surface area contributed by atoms with E-state index in [0.29, 0.717) is 12.4 Å². The molecule has 2 aliphatic rings. The second-order valence-electron chi connectivity index (χ2n) is 6.51. The molecule has 6 nitrogen and oxygen atoms in total. The number of aliphatic carboxylic acids is 1. The van der Waals surface area contributed by atoms with Crippen LogP contribution in [-0.2, 0) is 17.6 Å². The number of anilines is 1. The lowest BCUT2D eigenvalue weighted by Gasteiger charge is -2.33. The molecule has 0 spiro atoms. The summed E-state index contributed by atoms with van der Waals surface area (Å²) >= 11 is 0. The Morgan fingerprint density at radius 2 is 2.17 bits per heavy atom. The van der Waals surface area contributed by atoms with Crippen molar-refractivity contribution in [1.82, 2.24) is 15.0 Å². The summed E-state index contributed by atoms with van der Waals surface area (Å²) in [4.78, 5) is 27.2. The Hall–Kier alpha value is -2.50. The van der Waals surface area contributed by atoms with Gasteiger partial charge in [-0.25, -0.2) is 9.97 Å². The summed E-state index contributed by atoms with van der Waals surface area (Å²) in [5.41, 5.74) is 3.21. The monoisotopic (exact) mass is 324 g/mol. The molecule has 4 rings (SSSR count). The molecule has 1 atom stereocenters. The van der Waals surface area contributed by atoms with Crippen LogP contribution in [0.3, 0.4) is 0 Å². The molecule has 6 heteroatoms. The van der Waals surface area contributed by atoms with Gasteiger partial charge in [0.15, 0.2) is 5.82 Å². The molecular weight excluding hydrogens is 304 g/mol. The molecular formula is C18H20N4O2. The van der Waals surface area contributed by atoms with E-state index in [9.17, 15) is 9.90 Å². The van der Waals surface area contributed by atoms with Crippen LogP contribution < -0.4 is 4.90 Å². The van der Waals surface area contributed by atoms with E-state index in [2.05, 4.69) is 9.88 Å². The number of carbonyl (C=O) groups is 1. The number of piperidine rings is 1. The van der Waals surface area contributed by atoms with E-state index in [4.69, 9.17) is 9.97 Å². The van der Waals surface area contributed by atoms with Crippen LogP contribution in [0, 0.1) is 5.92 Å². The number of aryl methyl sites for hydroxylation is 1. The van der Waals surface area contributed by atoms with E-state index in [1.807, 2.05) is 12.1 Å². The SMILES string of the molecule is O=C(O)C1CCCN(c2nc(-c3cccnc3)nc3c2CCC3)C1. The van der Waals surface area contributed by atoms with Gasteiger partial charge in [0, 0.05) is 42.3 Å². The number of aromatic nitrogens is 3. The van der Waals surface area contributed by atoms with Crippen LogP contribution in [0.15, 0.2) is 24.5 Å². The molecule has 124 valence electrons. The lowest BCUT2D eigenvalue weighted by molar-refractivity contribution is -0.141. The van der Waals surface area contributed by atoms with E-state index < -0.39 is 5.97 Å². The summed E-state index contributed by atoms with van der Waals surface area (Å²) in [7, 11) is 0. The predicted octanol–water partition coefficient (Wildman–Crippen LogP) is 2.33. The molecule has 1 unspecified atom stereocenters. The summed E-state index contributed by atoms with van der Waals surface area (Å²) < 4.78 is 0. The van der Waals surface area contributed by atoms with Crippen LogP contribution in [0.5, 0.6) is 0 Å². The smallest absolute Gasteiger partial charge is 0.308 e. The topological polar surface area (TPSA) is 79.2 Å². The van der Waals surface area contributed by atoms with Crippen molar-refractivity contribution in [3.8, 4) is 11.4 Å². The third kappa shape index (κ3) is 2.72. The summed E-state index contributed by atoms with van der Waals surface area (Å²) in [6.45, 7) is 1.39. The Bertz CT molecular complexity index is 763. The van der Waals surface area contributed by atoms with E-state index in [1.165, 1.54) is 5.56 Å². The summed E-state index contributed by atoms with van der Waals surface area (Å²) in [5.74, 6) is 0.601. The molecule has 0 saturated carbocycles. The van der Waals surface area contributed by atoms with Crippen LogP contribution in [0.25, 0.3) is 11.4 Å². The zero-order valence-corrected chi connectivity index (χ0v) is 13.5. The second-order valence-corrected chi connectivity index (χ2v) is 6.51. The molecule has 0 aromatic carbocycles. The average molecular weight is 324 g/mol. The van der Waals surface area contributed by atoms with Crippen LogP contribution in [0.4, 0.5) is 5.82 Å². The van der Waals surface area contributed by atoms with Gasteiger partial charge in [0.05, 0.1) is 5.92 Å². The molecule has 1 aliphatic heterocycles. The van der Waals surface area contributed by atoms with Crippen molar-refractivity contribution >= 4 is 11.8 Å². The predicted molar refractivity (Wildman–Crippen MR) is 89.9 cm³/mol. The average Bonchev–Trinajstić information content (AvgIpc) is 3.10. The normalized spacial score (nSPS) is 20.0. The fourth-order valence-electron chi connectivity index (χ4n) is 3.67. The minimum absolute atomic E-state index is 0.312. The standard InChI is InChI=1S/C18H20N4O2/c23-18(24)13-5-3-9-22(11-13)17-14-6-1-7-15(14)20-16(21-17)12-4-2-8-19-10-12/h2,4,8,10,13H,1,3,5-7,9,11H2,(H,23,24). The van der Waals surface area contributed by atoms with Gasteiger partial charge in [-0.3, -0.25) is 9.78 Å². The van der Waals surface area contributed by atoms with Crippen molar-refractivity contribution in [3.05, 3.63) is 35.8 Å². The van der Waals surface area contributed by atoms with Gasteiger partial charge >= 0.3 is 5.97 Å². The van der Waals surface area contributed by atoms with E-state index in [0.717, 1.165) is 55.7 Å². The van der Waals surface area contributed by atoms with Crippen LogP contribution in [-0.4, -0.2) is 39.1 Å². The summed E-state index contributed by atoms with van der Waals surface area (Å²) in [6, 6.07) is 3.84. The first-order valence-corrected chi connectivity index (χ1v) is 8.50. The molecule has 0 bridgehead atoms. The number of nitrogens with zero attached hydrogens (tertiary/aromatic N) is 4. The highest BCUT2D eigenvalue weighted by atomic mass is 16.4. The molecule has 0 amide bonds.